The lowest BCUT2D eigenvalue weighted by molar-refractivity contribution is -0.386. The molecule has 0 bridgehead atoms. The van der Waals surface area contributed by atoms with Crippen molar-refractivity contribution in [2.45, 2.75) is 6.04 Å². The van der Waals surface area contributed by atoms with Gasteiger partial charge in [-0.3, -0.25) is 10.1 Å². The first kappa shape index (κ1) is 8.76. The van der Waals surface area contributed by atoms with Crippen molar-refractivity contribution in [3.63, 3.8) is 0 Å². The van der Waals surface area contributed by atoms with Gasteiger partial charge in [0.1, 0.15) is 12.4 Å². The van der Waals surface area contributed by atoms with Crippen molar-refractivity contribution in [2.24, 2.45) is 5.73 Å². The molecule has 0 radical (unpaired) electrons. The molecule has 0 amide bonds. The summed E-state index contributed by atoms with van der Waals surface area (Å²) >= 11 is 0. The number of nitrogens with zero attached hydrogens (tertiary/aromatic N) is 1. The molecule has 14 heavy (non-hydrogen) atoms. The Morgan fingerprint density at radius 1 is 1.64 bits per heavy atom. The van der Waals surface area contributed by atoms with E-state index >= 15 is 0 Å². The Morgan fingerprint density at radius 2 is 2.36 bits per heavy atom. The van der Waals surface area contributed by atoms with Crippen LogP contribution in [0.25, 0.3) is 0 Å². The van der Waals surface area contributed by atoms with Crippen LogP contribution in [0, 0.1) is 10.1 Å². The molecule has 1 heterocycles. The Hall–Kier alpha value is -1.82. The molecule has 6 heteroatoms. The molecule has 0 unspecified atom stereocenters. The van der Waals surface area contributed by atoms with Gasteiger partial charge in [0, 0.05) is 0 Å². The molecular weight excluding hydrogens is 188 g/mol. The quantitative estimate of drug-likeness (QED) is 0.508. The summed E-state index contributed by atoms with van der Waals surface area (Å²) in [4.78, 5) is 10.0. The fraction of sp³-hybridized carbons (Fsp3) is 0.250. The summed E-state index contributed by atoms with van der Waals surface area (Å²) in [6.07, 6.45) is 0. The number of rotatable bonds is 1. The number of nitrogens with two attached hydrogens (primary N) is 1. The van der Waals surface area contributed by atoms with E-state index in [2.05, 4.69) is 0 Å². The number of benzene rings is 1. The Bertz CT molecular complexity index is 405. The van der Waals surface area contributed by atoms with Crippen LogP contribution in [-0.2, 0) is 0 Å². The average Bonchev–Trinajstić information content (AvgIpc) is 2.47. The average molecular weight is 196 g/mol. The minimum absolute atomic E-state index is 0.208. The highest BCUT2D eigenvalue weighted by Gasteiger charge is 2.32. The molecule has 1 atom stereocenters. The number of nitro groups is 1. The van der Waals surface area contributed by atoms with Crippen molar-refractivity contribution in [2.75, 3.05) is 6.61 Å². The predicted molar refractivity (Wildman–Crippen MR) is 47.2 cm³/mol. The van der Waals surface area contributed by atoms with Crippen LogP contribution in [-0.4, -0.2) is 16.6 Å². The normalized spacial score (nSPS) is 18.8. The van der Waals surface area contributed by atoms with Gasteiger partial charge >= 0.3 is 5.69 Å². The number of fused-ring (bicyclic) bond motifs is 1. The zero-order chi connectivity index (χ0) is 10.3. The first-order valence-electron chi connectivity index (χ1n) is 4.00. The number of phenols is 1. The highest BCUT2D eigenvalue weighted by atomic mass is 16.6. The van der Waals surface area contributed by atoms with Crippen molar-refractivity contribution < 1.29 is 14.8 Å². The van der Waals surface area contributed by atoms with E-state index in [1.54, 1.807) is 0 Å². The molecule has 1 aliphatic heterocycles. The SMILES string of the molecule is N[C@@H]1COc2ccc(O)c([N+](=O)[O-])c21. The van der Waals surface area contributed by atoms with E-state index in [1.807, 2.05) is 0 Å². The van der Waals surface area contributed by atoms with Gasteiger partial charge in [-0.2, -0.15) is 0 Å². The molecule has 2 rings (SSSR count). The minimum atomic E-state index is -0.650. The first-order chi connectivity index (χ1) is 6.61. The lowest BCUT2D eigenvalue weighted by atomic mass is 10.1. The number of aromatic hydroxyl groups is 1. The second-order valence-corrected chi connectivity index (χ2v) is 3.02. The highest BCUT2D eigenvalue weighted by Crippen LogP contribution is 2.42. The molecule has 0 fully saturated rings. The lowest BCUT2D eigenvalue weighted by Crippen LogP contribution is -2.12. The van der Waals surface area contributed by atoms with E-state index in [1.165, 1.54) is 12.1 Å². The van der Waals surface area contributed by atoms with E-state index in [0.717, 1.165) is 0 Å². The van der Waals surface area contributed by atoms with Crippen LogP contribution in [0.1, 0.15) is 11.6 Å². The maximum Gasteiger partial charge on any atom is 0.319 e. The van der Waals surface area contributed by atoms with E-state index in [4.69, 9.17) is 10.5 Å². The Labute approximate surface area is 79.1 Å². The number of ether oxygens (including phenoxy) is 1. The third-order valence-electron chi connectivity index (χ3n) is 2.13. The fourth-order valence-electron chi connectivity index (χ4n) is 1.52. The highest BCUT2D eigenvalue weighted by molar-refractivity contribution is 5.61. The molecule has 0 saturated carbocycles. The molecule has 1 aromatic carbocycles. The van der Waals surface area contributed by atoms with Gasteiger partial charge in [-0.1, -0.05) is 0 Å². The summed E-state index contributed by atoms with van der Waals surface area (Å²) < 4.78 is 5.12. The van der Waals surface area contributed by atoms with Gasteiger partial charge in [0.15, 0.2) is 5.75 Å². The van der Waals surface area contributed by atoms with Gasteiger partial charge in [0.2, 0.25) is 0 Å². The third-order valence-corrected chi connectivity index (χ3v) is 2.13. The minimum Gasteiger partial charge on any atom is -0.502 e. The summed E-state index contributed by atoms with van der Waals surface area (Å²) in [5.74, 6) is -0.00306. The molecule has 0 saturated heterocycles. The molecule has 0 aromatic heterocycles. The maximum absolute atomic E-state index is 10.7. The molecule has 74 valence electrons. The predicted octanol–water partition coefficient (Wildman–Crippen LogP) is 0.693. The molecule has 6 nitrogen and oxygen atoms in total. The molecule has 3 N–H and O–H groups in total. The molecule has 0 aliphatic carbocycles. The number of hydrogen-bond donors (Lipinski definition) is 2. The van der Waals surface area contributed by atoms with Gasteiger partial charge in [0.25, 0.3) is 0 Å². The van der Waals surface area contributed by atoms with Crippen LogP contribution in [0.2, 0.25) is 0 Å². The van der Waals surface area contributed by atoms with Gasteiger partial charge in [0.05, 0.1) is 16.5 Å². The zero-order valence-electron chi connectivity index (χ0n) is 7.14. The van der Waals surface area contributed by atoms with Crippen molar-refractivity contribution in [3.8, 4) is 11.5 Å². The summed E-state index contributed by atoms with van der Waals surface area (Å²) in [5.41, 5.74) is 5.53. The van der Waals surface area contributed by atoms with E-state index < -0.39 is 11.0 Å². The van der Waals surface area contributed by atoms with Crippen molar-refractivity contribution in [1.29, 1.82) is 0 Å². The van der Waals surface area contributed by atoms with Crippen LogP contribution >= 0.6 is 0 Å². The van der Waals surface area contributed by atoms with Crippen LogP contribution in [0.3, 0.4) is 0 Å². The molecule has 0 spiro atoms. The second kappa shape index (κ2) is 2.85. The topological polar surface area (TPSA) is 98.6 Å². The monoisotopic (exact) mass is 196 g/mol. The van der Waals surface area contributed by atoms with E-state index in [-0.39, 0.29) is 23.6 Å². The van der Waals surface area contributed by atoms with Crippen LogP contribution < -0.4 is 10.5 Å². The lowest BCUT2D eigenvalue weighted by Gasteiger charge is -2.03. The van der Waals surface area contributed by atoms with Gasteiger partial charge in [-0.25, -0.2) is 0 Å². The molecule has 1 aliphatic rings. The van der Waals surface area contributed by atoms with Gasteiger partial charge in [-0.05, 0) is 12.1 Å². The van der Waals surface area contributed by atoms with E-state index in [0.29, 0.717) is 5.75 Å². The third kappa shape index (κ3) is 1.08. The van der Waals surface area contributed by atoms with Gasteiger partial charge < -0.3 is 15.6 Å². The van der Waals surface area contributed by atoms with Crippen molar-refractivity contribution in [3.05, 3.63) is 27.8 Å². The standard InChI is InChI=1S/C8H8N2O4/c9-4-3-14-6-2-1-5(11)8(7(4)6)10(12)13/h1-2,4,11H,3,9H2/t4-/m1/s1. The summed E-state index contributed by atoms with van der Waals surface area (Å²) in [6.45, 7) is 0.208. The van der Waals surface area contributed by atoms with Crippen molar-refractivity contribution >= 4 is 5.69 Å². The number of nitro benzene ring substituents is 1. The molecular formula is C8H8N2O4. The van der Waals surface area contributed by atoms with E-state index in [9.17, 15) is 15.2 Å². The molecule has 1 aromatic rings. The number of phenolic OH excluding ortho intramolecular Hbond substituents is 1. The van der Waals surface area contributed by atoms with Crippen LogP contribution in [0.4, 0.5) is 5.69 Å². The second-order valence-electron chi connectivity index (χ2n) is 3.02. The van der Waals surface area contributed by atoms with Gasteiger partial charge in [-0.15, -0.1) is 0 Å². The smallest absolute Gasteiger partial charge is 0.319 e. The van der Waals surface area contributed by atoms with Crippen LogP contribution in [0.15, 0.2) is 12.1 Å². The van der Waals surface area contributed by atoms with Crippen LogP contribution in [0.5, 0.6) is 11.5 Å². The maximum atomic E-state index is 10.7. The fourth-order valence-corrected chi connectivity index (χ4v) is 1.52. The summed E-state index contributed by atoms with van der Waals surface area (Å²) in [5, 5.41) is 20.0. The summed E-state index contributed by atoms with van der Waals surface area (Å²) in [6, 6.07) is 2.16. The Kier molecular flexibility index (Phi) is 1.78. The Balaban J connectivity index is 2.68. The van der Waals surface area contributed by atoms with Crippen molar-refractivity contribution in [1.82, 2.24) is 0 Å². The Morgan fingerprint density at radius 3 is 3.00 bits per heavy atom. The first-order valence-corrected chi connectivity index (χ1v) is 4.00. The summed E-state index contributed by atoms with van der Waals surface area (Å²) in [7, 11) is 0. The zero-order valence-corrected chi connectivity index (χ0v) is 7.14. The number of hydrogen-bond acceptors (Lipinski definition) is 5. The largest absolute Gasteiger partial charge is 0.502 e.